The van der Waals surface area contributed by atoms with Crippen molar-refractivity contribution in [2.45, 2.75) is 81.2 Å². The summed E-state index contributed by atoms with van der Waals surface area (Å²) >= 11 is 0. The molecule has 29 heavy (non-hydrogen) atoms. The van der Waals surface area contributed by atoms with Gasteiger partial charge in [0.25, 0.3) is 0 Å². The highest BCUT2D eigenvalue weighted by Gasteiger charge is 2.52. The van der Waals surface area contributed by atoms with Crippen molar-refractivity contribution < 1.29 is 17.6 Å². The van der Waals surface area contributed by atoms with Crippen molar-refractivity contribution in [3.8, 4) is 11.5 Å². The van der Waals surface area contributed by atoms with Crippen molar-refractivity contribution in [2.75, 3.05) is 0 Å². The van der Waals surface area contributed by atoms with Gasteiger partial charge >= 0.3 is 0 Å². The van der Waals surface area contributed by atoms with Gasteiger partial charge in [0, 0.05) is 6.42 Å². The molecule has 1 aromatic rings. The average Bonchev–Trinajstić information content (AvgIpc) is 2.87. The minimum absolute atomic E-state index is 0.0385. The second-order valence-electron chi connectivity index (χ2n) is 10.4. The van der Waals surface area contributed by atoms with Crippen LogP contribution in [0.2, 0.25) is 37.8 Å². The summed E-state index contributed by atoms with van der Waals surface area (Å²) in [5.41, 5.74) is 3.30. The lowest BCUT2D eigenvalue weighted by atomic mass is 10.1. The summed E-state index contributed by atoms with van der Waals surface area (Å²) in [5.74, 6) is 2.30. The Morgan fingerprint density at radius 1 is 1.03 bits per heavy atom. The van der Waals surface area contributed by atoms with Crippen LogP contribution in [-0.4, -0.2) is 41.9 Å². The molecular weight excluding hydrogens is 416 g/mol. The van der Waals surface area contributed by atoms with E-state index in [2.05, 4.69) is 65.0 Å². The first-order valence-electron chi connectivity index (χ1n) is 10.1. The third-order valence-corrected chi connectivity index (χ3v) is 13.3. The van der Waals surface area contributed by atoms with Crippen LogP contribution in [0.25, 0.3) is 0 Å². The standard InChI is InChI=1S/C22H34O4SSi2/c1-22(2,3)29(7,8)26-20-16-19(23)21(18(20)14-15-28(4,5)6)27(24,25)17-12-10-9-11-13-17/h9-13,18,20-21H,16H2,1-8H3/t18-,20-,21+/m0/s1. The maximum absolute atomic E-state index is 13.4. The van der Waals surface area contributed by atoms with Gasteiger partial charge in [0.05, 0.1) is 16.9 Å². The molecule has 160 valence electrons. The smallest absolute Gasteiger partial charge is 0.192 e. The summed E-state index contributed by atoms with van der Waals surface area (Å²) in [6.45, 7) is 17.0. The van der Waals surface area contributed by atoms with E-state index in [9.17, 15) is 13.2 Å². The lowest BCUT2D eigenvalue weighted by Gasteiger charge is -2.39. The fraction of sp³-hybridized carbons (Fsp3) is 0.591. The normalized spacial score (nSPS) is 23.6. The van der Waals surface area contributed by atoms with Crippen molar-refractivity contribution >= 4 is 32.0 Å². The molecule has 0 aromatic heterocycles. The lowest BCUT2D eigenvalue weighted by Crippen LogP contribution is -2.45. The molecule has 0 heterocycles. The Morgan fingerprint density at radius 3 is 2.07 bits per heavy atom. The Labute approximate surface area is 178 Å². The van der Waals surface area contributed by atoms with Gasteiger partial charge in [0.2, 0.25) is 0 Å². The number of sulfone groups is 1. The zero-order chi connectivity index (χ0) is 22.3. The van der Waals surface area contributed by atoms with Gasteiger partial charge in [-0.05, 0) is 30.3 Å². The summed E-state index contributed by atoms with van der Waals surface area (Å²) in [6, 6.07) is 8.22. The van der Waals surface area contributed by atoms with E-state index in [1.165, 1.54) is 0 Å². The van der Waals surface area contributed by atoms with Crippen LogP contribution in [0.1, 0.15) is 27.2 Å². The van der Waals surface area contributed by atoms with E-state index in [0.717, 1.165) is 0 Å². The second kappa shape index (κ2) is 8.14. The molecule has 0 N–H and O–H groups in total. The summed E-state index contributed by atoms with van der Waals surface area (Å²) < 4.78 is 33.3. The van der Waals surface area contributed by atoms with Crippen LogP contribution in [0.5, 0.6) is 0 Å². The average molecular weight is 451 g/mol. The van der Waals surface area contributed by atoms with Gasteiger partial charge in [-0.2, -0.15) is 0 Å². The van der Waals surface area contributed by atoms with E-state index in [-0.39, 0.29) is 22.1 Å². The maximum atomic E-state index is 13.4. The van der Waals surface area contributed by atoms with E-state index < -0.39 is 43.5 Å². The molecule has 7 heteroatoms. The van der Waals surface area contributed by atoms with E-state index in [1.807, 2.05) is 0 Å². The molecule has 0 spiro atoms. The van der Waals surface area contributed by atoms with Crippen LogP contribution in [0.4, 0.5) is 0 Å². The van der Waals surface area contributed by atoms with Crippen LogP contribution in [0.3, 0.4) is 0 Å². The first kappa shape index (κ1) is 24.1. The molecule has 3 atom stereocenters. The van der Waals surface area contributed by atoms with Gasteiger partial charge in [0.15, 0.2) is 23.9 Å². The third-order valence-electron chi connectivity index (χ3n) is 5.72. The predicted molar refractivity (Wildman–Crippen MR) is 124 cm³/mol. The number of hydrogen-bond acceptors (Lipinski definition) is 4. The summed E-state index contributed by atoms with van der Waals surface area (Å²) in [6.07, 6.45) is -0.371. The molecular formula is C22H34O4SSi2. The van der Waals surface area contributed by atoms with Gasteiger partial charge in [-0.15, -0.1) is 11.5 Å². The highest BCUT2D eigenvalue weighted by molar-refractivity contribution is 7.92. The van der Waals surface area contributed by atoms with Crippen LogP contribution >= 0.6 is 0 Å². The number of rotatable bonds is 4. The number of carbonyl (C=O) groups excluding carboxylic acids is 1. The molecule has 1 aliphatic rings. The van der Waals surface area contributed by atoms with E-state index in [0.29, 0.717) is 0 Å². The molecule has 1 aromatic carbocycles. The molecule has 0 radical (unpaired) electrons. The van der Waals surface area contributed by atoms with Gasteiger partial charge in [-0.1, -0.05) is 58.6 Å². The molecule has 0 unspecified atom stereocenters. The number of carbonyl (C=O) groups is 1. The first-order valence-corrected chi connectivity index (χ1v) is 18.0. The number of benzene rings is 1. The van der Waals surface area contributed by atoms with Crippen molar-refractivity contribution in [1.29, 1.82) is 0 Å². The molecule has 1 saturated carbocycles. The summed E-state index contributed by atoms with van der Waals surface area (Å²) in [7, 11) is -7.77. The van der Waals surface area contributed by atoms with Crippen molar-refractivity contribution in [3.63, 3.8) is 0 Å². The van der Waals surface area contributed by atoms with Crippen LogP contribution in [0, 0.1) is 17.4 Å². The fourth-order valence-corrected chi connectivity index (χ4v) is 6.94. The Hall–Kier alpha value is -1.21. The Morgan fingerprint density at radius 2 is 1.59 bits per heavy atom. The topological polar surface area (TPSA) is 60.4 Å². The third kappa shape index (κ3) is 5.49. The van der Waals surface area contributed by atoms with Gasteiger partial charge < -0.3 is 4.43 Å². The quantitative estimate of drug-likeness (QED) is 0.493. The molecule has 0 bridgehead atoms. The molecule has 0 amide bonds. The number of ketones is 1. The Kier molecular flexibility index (Phi) is 6.76. The van der Waals surface area contributed by atoms with Gasteiger partial charge in [-0.25, -0.2) is 8.42 Å². The van der Waals surface area contributed by atoms with Crippen LogP contribution in [-0.2, 0) is 19.1 Å². The highest BCUT2D eigenvalue weighted by atomic mass is 32.2. The molecule has 1 fully saturated rings. The molecule has 0 aliphatic heterocycles. The van der Waals surface area contributed by atoms with E-state index in [1.54, 1.807) is 30.3 Å². The van der Waals surface area contributed by atoms with Crippen molar-refractivity contribution in [1.82, 2.24) is 0 Å². The van der Waals surface area contributed by atoms with Gasteiger partial charge in [-0.3, -0.25) is 4.79 Å². The second-order valence-corrected chi connectivity index (χ2v) is 22.0. The number of hydrogen-bond donors (Lipinski definition) is 0. The minimum Gasteiger partial charge on any atom is -0.412 e. The fourth-order valence-electron chi connectivity index (χ4n) is 3.10. The summed E-state index contributed by atoms with van der Waals surface area (Å²) in [4.78, 5) is 13.1. The SMILES string of the molecule is CC(C)(C)[Si](C)(C)O[C@H]1CC(=O)[C@H](S(=O)(=O)c2ccccc2)[C@H]1C#C[Si](C)(C)C. The Bertz CT molecular complexity index is 914. The zero-order valence-corrected chi connectivity index (χ0v) is 21.7. The minimum atomic E-state index is -3.83. The van der Waals surface area contributed by atoms with Crippen LogP contribution in [0.15, 0.2) is 35.2 Å². The lowest BCUT2D eigenvalue weighted by molar-refractivity contribution is -0.117. The van der Waals surface area contributed by atoms with Crippen molar-refractivity contribution in [2.24, 2.45) is 5.92 Å². The predicted octanol–water partition coefficient (Wildman–Crippen LogP) is 4.69. The van der Waals surface area contributed by atoms with Crippen LogP contribution < -0.4 is 0 Å². The van der Waals surface area contributed by atoms with Crippen molar-refractivity contribution in [3.05, 3.63) is 30.3 Å². The van der Waals surface area contributed by atoms with E-state index >= 15 is 0 Å². The molecule has 0 saturated heterocycles. The highest BCUT2D eigenvalue weighted by Crippen LogP contribution is 2.42. The Balaban J connectivity index is 2.53. The number of Topliss-reactive ketones (excluding diaryl/α,β-unsaturated/α-hetero) is 1. The monoisotopic (exact) mass is 450 g/mol. The first-order chi connectivity index (χ1) is 13.1. The zero-order valence-electron chi connectivity index (χ0n) is 18.9. The largest absolute Gasteiger partial charge is 0.412 e. The molecule has 4 nitrogen and oxygen atoms in total. The van der Waals surface area contributed by atoms with E-state index in [4.69, 9.17) is 4.43 Å². The van der Waals surface area contributed by atoms with Gasteiger partial charge in [0.1, 0.15) is 13.3 Å². The maximum Gasteiger partial charge on any atom is 0.192 e. The molecule has 2 rings (SSSR count). The summed E-state index contributed by atoms with van der Waals surface area (Å²) in [5, 5.41) is -1.20. The molecule has 1 aliphatic carbocycles.